The number of hydrogen-bond acceptors (Lipinski definition) is 6. The Labute approximate surface area is 163 Å². The highest BCUT2D eigenvalue weighted by Crippen LogP contribution is 2.39. The van der Waals surface area contributed by atoms with E-state index in [0.29, 0.717) is 11.6 Å². The van der Waals surface area contributed by atoms with E-state index in [1.165, 1.54) is 6.42 Å². The van der Waals surface area contributed by atoms with Crippen molar-refractivity contribution in [2.45, 2.75) is 26.2 Å². The van der Waals surface area contributed by atoms with Crippen LogP contribution in [-0.4, -0.2) is 53.5 Å². The first-order chi connectivity index (χ1) is 13.4. The Morgan fingerprint density at radius 2 is 1.93 bits per heavy atom. The SMILES string of the molecule is CC(=O)O.O=C(O)c1c(N2CCCC3(CCNC3)C2)noc1-c1ccccc1. The molecule has 3 heterocycles. The summed E-state index contributed by atoms with van der Waals surface area (Å²) in [5.74, 6) is -1.02. The van der Waals surface area contributed by atoms with Crippen molar-refractivity contribution in [3.63, 3.8) is 0 Å². The van der Waals surface area contributed by atoms with E-state index >= 15 is 0 Å². The van der Waals surface area contributed by atoms with Gasteiger partial charge in [-0.15, -0.1) is 0 Å². The Morgan fingerprint density at radius 1 is 1.21 bits per heavy atom. The van der Waals surface area contributed by atoms with Gasteiger partial charge in [0.15, 0.2) is 17.1 Å². The molecule has 0 saturated carbocycles. The molecule has 1 unspecified atom stereocenters. The summed E-state index contributed by atoms with van der Waals surface area (Å²) in [7, 11) is 0. The quantitative estimate of drug-likeness (QED) is 0.736. The highest BCUT2D eigenvalue weighted by Gasteiger charge is 2.40. The highest BCUT2D eigenvalue weighted by atomic mass is 16.5. The Bertz CT molecular complexity index is 824. The van der Waals surface area contributed by atoms with Crippen molar-refractivity contribution in [3.8, 4) is 11.3 Å². The number of anilines is 1. The Hall–Kier alpha value is -2.87. The van der Waals surface area contributed by atoms with Crippen molar-refractivity contribution >= 4 is 17.8 Å². The van der Waals surface area contributed by atoms with Crippen LogP contribution in [-0.2, 0) is 4.79 Å². The number of nitrogens with one attached hydrogen (secondary N) is 1. The van der Waals surface area contributed by atoms with E-state index in [9.17, 15) is 9.90 Å². The molecule has 0 radical (unpaired) electrons. The summed E-state index contributed by atoms with van der Waals surface area (Å²) in [4.78, 5) is 23.0. The van der Waals surface area contributed by atoms with E-state index in [1.54, 1.807) is 0 Å². The van der Waals surface area contributed by atoms with Crippen LogP contribution < -0.4 is 10.2 Å². The van der Waals surface area contributed by atoms with Gasteiger partial charge in [-0.2, -0.15) is 0 Å². The number of aromatic carboxylic acids is 1. The lowest BCUT2D eigenvalue weighted by Crippen LogP contribution is -2.45. The number of nitrogens with zero attached hydrogens (tertiary/aromatic N) is 2. The number of piperidine rings is 1. The lowest BCUT2D eigenvalue weighted by Gasteiger charge is -2.40. The third-order valence-corrected chi connectivity index (χ3v) is 5.22. The Morgan fingerprint density at radius 3 is 2.54 bits per heavy atom. The van der Waals surface area contributed by atoms with E-state index in [1.807, 2.05) is 30.3 Å². The summed E-state index contributed by atoms with van der Waals surface area (Å²) < 4.78 is 5.46. The number of carboxylic acids is 2. The number of aromatic nitrogens is 1. The third-order valence-electron chi connectivity index (χ3n) is 5.22. The van der Waals surface area contributed by atoms with Gasteiger partial charge in [-0.05, 0) is 25.8 Å². The molecule has 4 rings (SSSR count). The fraction of sp³-hybridized carbons (Fsp3) is 0.450. The van der Waals surface area contributed by atoms with Gasteiger partial charge in [-0.1, -0.05) is 35.5 Å². The fourth-order valence-electron chi connectivity index (χ4n) is 4.01. The monoisotopic (exact) mass is 387 g/mol. The van der Waals surface area contributed by atoms with Crippen LogP contribution in [0.1, 0.15) is 36.5 Å². The van der Waals surface area contributed by atoms with Crippen LogP contribution in [0.25, 0.3) is 11.3 Å². The van der Waals surface area contributed by atoms with Crippen LogP contribution in [0, 0.1) is 5.41 Å². The number of rotatable bonds is 3. The number of carbonyl (C=O) groups is 2. The molecule has 0 bridgehead atoms. The molecule has 1 spiro atoms. The molecule has 1 atom stereocenters. The normalized spacial score (nSPS) is 21.2. The average molecular weight is 387 g/mol. The van der Waals surface area contributed by atoms with Crippen LogP contribution in [0.3, 0.4) is 0 Å². The largest absolute Gasteiger partial charge is 0.481 e. The van der Waals surface area contributed by atoms with Crippen molar-refractivity contribution in [3.05, 3.63) is 35.9 Å². The molecule has 8 nitrogen and oxygen atoms in total. The summed E-state index contributed by atoms with van der Waals surface area (Å²) in [6, 6.07) is 9.31. The number of aliphatic carboxylic acids is 1. The Balaban J connectivity index is 0.000000516. The van der Waals surface area contributed by atoms with Crippen molar-refractivity contribution in [1.82, 2.24) is 10.5 Å². The highest BCUT2D eigenvalue weighted by molar-refractivity contribution is 5.99. The molecule has 2 aliphatic rings. The van der Waals surface area contributed by atoms with E-state index in [0.717, 1.165) is 51.5 Å². The maximum atomic E-state index is 11.9. The standard InChI is InChI=1S/C18H21N3O3.C2H4O2/c22-17(23)14-15(13-5-2-1-3-6-13)24-20-16(14)21-10-4-7-18(12-21)8-9-19-11-18;1-2(3)4/h1-3,5-6,19H,4,7-12H2,(H,22,23);1H3,(H,3,4). The molecule has 2 aliphatic heterocycles. The second-order valence-corrected chi connectivity index (χ2v) is 7.35. The molecule has 2 aromatic rings. The topological polar surface area (TPSA) is 116 Å². The van der Waals surface area contributed by atoms with Gasteiger partial charge in [0, 0.05) is 37.5 Å². The fourth-order valence-corrected chi connectivity index (χ4v) is 4.01. The zero-order valence-corrected chi connectivity index (χ0v) is 15.9. The summed E-state index contributed by atoms with van der Waals surface area (Å²) >= 11 is 0. The second kappa shape index (κ2) is 8.43. The van der Waals surface area contributed by atoms with Gasteiger partial charge < -0.3 is 25.0 Å². The minimum Gasteiger partial charge on any atom is -0.481 e. The molecule has 150 valence electrons. The smallest absolute Gasteiger partial charge is 0.343 e. The summed E-state index contributed by atoms with van der Waals surface area (Å²) in [5.41, 5.74) is 1.15. The third kappa shape index (κ3) is 4.33. The number of hydrogen-bond donors (Lipinski definition) is 3. The summed E-state index contributed by atoms with van der Waals surface area (Å²) in [5, 5.41) is 24.7. The van der Waals surface area contributed by atoms with Gasteiger partial charge in [-0.3, -0.25) is 4.79 Å². The molecular weight excluding hydrogens is 362 g/mol. The van der Waals surface area contributed by atoms with Gasteiger partial charge in [0.25, 0.3) is 5.97 Å². The van der Waals surface area contributed by atoms with Gasteiger partial charge in [0.05, 0.1) is 0 Å². The number of carboxylic acid groups (broad SMARTS) is 2. The average Bonchev–Trinajstić information content (AvgIpc) is 3.29. The molecule has 2 fully saturated rings. The molecule has 0 amide bonds. The van der Waals surface area contributed by atoms with Crippen molar-refractivity contribution in [1.29, 1.82) is 0 Å². The summed E-state index contributed by atoms with van der Waals surface area (Å²) in [6.45, 7) is 4.77. The van der Waals surface area contributed by atoms with Gasteiger partial charge in [-0.25, -0.2) is 4.79 Å². The first kappa shape index (κ1) is 19.9. The zero-order valence-electron chi connectivity index (χ0n) is 15.9. The predicted octanol–water partition coefficient (Wildman–Crippen LogP) is 2.71. The van der Waals surface area contributed by atoms with Crippen molar-refractivity contribution < 1.29 is 24.3 Å². The van der Waals surface area contributed by atoms with Crippen LogP contribution in [0.4, 0.5) is 5.82 Å². The second-order valence-electron chi connectivity index (χ2n) is 7.35. The molecule has 1 aromatic carbocycles. The molecule has 0 aliphatic carbocycles. The summed E-state index contributed by atoms with van der Waals surface area (Å²) in [6.07, 6.45) is 3.37. The minimum absolute atomic E-state index is 0.171. The number of benzene rings is 1. The lowest BCUT2D eigenvalue weighted by atomic mass is 9.79. The molecule has 1 aromatic heterocycles. The van der Waals surface area contributed by atoms with Crippen molar-refractivity contribution in [2.75, 3.05) is 31.1 Å². The van der Waals surface area contributed by atoms with Gasteiger partial charge in [0.2, 0.25) is 0 Å². The van der Waals surface area contributed by atoms with Crippen LogP contribution in [0.15, 0.2) is 34.9 Å². The maximum absolute atomic E-state index is 11.9. The van der Waals surface area contributed by atoms with E-state index in [-0.39, 0.29) is 11.0 Å². The zero-order chi connectivity index (χ0) is 20.1. The van der Waals surface area contributed by atoms with Crippen LogP contribution in [0.5, 0.6) is 0 Å². The van der Waals surface area contributed by atoms with E-state index in [4.69, 9.17) is 14.4 Å². The molecule has 3 N–H and O–H groups in total. The molecular formula is C20H25N3O5. The molecule has 8 heteroatoms. The van der Waals surface area contributed by atoms with Gasteiger partial charge in [0.1, 0.15) is 0 Å². The predicted molar refractivity (Wildman–Crippen MR) is 104 cm³/mol. The lowest BCUT2D eigenvalue weighted by molar-refractivity contribution is -0.134. The first-order valence-electron chi connectivity index (χ1n) is 9.35. The van der Waals surface area contributed by atoms with Gasteiger partial charge >= 0.3 is 5.97 Å². The first-order valence-corrected chi connectivity index (χ1v) is 9.35. The minimum atomic E-state index is -0.991. The molecule has 28 heavy (non-hydrogen) atoms. The van der Waals surface area contributed by atoms with E-state index < -0.39 is 11.9 Å². The van der Waals surface area contributed by atoms with E-state index in [2.05, 4.69) is 15.4 Å². The van der Waals surface area contributed by atoms with Crippen LogP contribution >= 0.6 is 0 Å². The van der Waals surface area contributed by atoms with Crippen LogP contribution in [0.2, 0.25) is 0 Å². The Kier molecular flexibility index (Phi) is 5.99. The van der Waals surface area contributed by atoms with Crippen molar-refractivity contribution in [2.24, 2.45) is 5.41 Å². The molecule has 2 saturated heterocycles. The maximum Gasteiger partial charge on any atom is 0.343 e.